The second-order valence-corrected chi connectivity index (χ2v) is 0.455. The van der Waals surface area contributed by atoms with Crippen LogP contribution in [-0.4, -0.2) is 54.7 Å². The van der Waals surface area contributed by atoms with E-state index in [-0.39, 0.29) is 54.7 Å². The van der Waals surface area contributed by atoms with Gasteiger partial charge in [-0.3, -0.25) is 5.41 Å². The average Bonchev–Trinajstić information content (AvgIpc) is 0.811. The predicted molar refractivity (Wildman–Crippen MR) is 31.9 cm³/mol. The number of hydrogen-bond acceptors (Lipinski definition) is 1. The number of rotatable bonds is 0. The molecule has 0 aliphatic carbocycles. The van der Waals surface area contributed by atoms with Crippen LogP contribution >= 0.6 is 0 Å². The quantitative estimate of drug-likeness (QED) is 0.179. The Kier molecular flexibility index (Phi) is 59.9. The fourth-order valence-electron chi connectivity index (χ4n) is 0. The van der Waals surface area contributed by atoms with E-state index in [0.29, 0.717) is 0 Å². The van der Waals surface area contributed by atoms with Crippen molar-refractivity contribution in [2.75, 3.05) is 0 Å². The van der Waals surface area contributed by atoms with E-state index in [4.69, 9.17) is 5.41 Å². The molecule has 0 aromatic heterocycles. The molecule has 6 heteroatoms. The van der Waals surface area contributed by atoms with Crippen LogP contribution < -0.4 is 11.5 Å². The second kappa shape index (κ2) is 16.1. The maximum absolute atomic E-state index is 6.06. The molecule has 0 radical (unpaired) electrons. The zero-order chi connectivity index (χ0) is 3.58. The van der Waals surface area contributed by atoms with Gasteiger partial charge in [-0.2, -0.15) is 0 Å². The van der Waals surface area contributed by atoms with E-state index in [2.05, 4.69) is 11.5 Å². The molecule has 0 saturated heterocycles. The van der Waals surface area contributed by atoms with Crippen LogP contribution in [-0.2, 0) is 0 Å². The monoisotopic (exact) mass is 137 g/mol. The standard InChI is InChI=1S/CH5N3.Ca.2H2O.2H/c2-1(3)4;;;;;/h(H5,2,3,4);;2*1H2;;. The van der Waals surface area contributed by atoms with Gasteiger partial charge in [0.25, 0.3) is 0 Å². The topological polar surface area (TPSA) is 139 Å². The summed E-state index contributed by atoms with van der Waals surface area (Å²) in [6.07, 6.45) is 0. The molecular weight excluding hydrogens is 126 g/mol. The van der Waals surface area contributed by atoms with Crippen molar-refractivity contribution >= 4 is 43.7 Å². The Morgan fingerprint density at radius 1 is 1.14 bits per heavy atom. The molecule has 0 aromatic carbocycles. The molecule has 0 atom stereocenters. The van der Waals surface area contributed by atoms with Crippen molar-refractivity contribution < 1.29 is 11.0 Å². The van der Waals surface area contributed by atoms with Crippen molar-refractivity contribution in [3.63, 3.8) is 0 Å². The van der Waals surface area contributed by atoms with Crippen LogP contribution in [0.15, 0.2) is 0 Å². The van der Waals surface area contributed by atoms with E-state index in [1.165, 1.54) is 0 Å². The van der Waals surface area contributed by atoms with Gasteiger partial charge >= 0.3 is 37.7 Å². The van der Waals surface area contributed by atoms with Crippen molar-refractivity contribution in [2.24, 2.45) is 11.5 Å². The van der Waals surface area contributed by atoms with Gasteiger partial charge in [0, 0.05) is 0 Å². The van der Waals surface area contributed by atoms with Gasteiger partial charge in [0.1, 0.15) is 0 Å². The van der Waals surface area contributed by atoms with Crippen molar-refractivity contribution in [3.8, 4) is 0 Å². The number of hydrogen-bond donors (Lipinski definition) is 3. The number of guanidine groups is 1. The van der Waals surface area contributed by atoms with E-state index in [9.17, 15) is 0 Å². The van der Waals surface area contributed by atoms with Gasteiger partial charge in [-0.15, -0.1) is 0 Å². The molecule has 0 saturated carbocycles. The first-order valence-electron chi connectivity index (χ1n) is 0.827. The van der Waals surface area contributed by atoms with Crippen LogP contribution in [0.1, 0.15) is 0 Å². The maximum atomic E-state index is 6.06. The molecule has 44 valence electrons. The van der Waals surface area contributed by atoms with Gasteiger partial charge in [0.2, 0.25) is 0 Å². The third kappa shape index (κ3) is 631. The van der Waals surface area contributed by atoms with Crippen LogP contribution in [0.3, 0.4) is 0 Å². The molecule has 0 rings (SSSR count). The molecule has 0 unspecified atom stereocenters. The molecule has 0 aliphatic rings. The normalized spacial score (nSPS) is 3.43. The summed E-state index contributed by atoms with van der Waals surface area (Å²) in [5.41, 5.74) is 8.94. The molecule has 7 heavy (non-hydrogen) atoms. The molecule has 0 fully saturated rings. The Hall–Kier alpha value is 0.450. The van der Waals surface area contributed by atoms with Crippen LogP contribution in [0.2, 0.25) is 0 Å². The predicted octanol–water partition coefficient (Wildman–Crippen LogP) is -3.73. The summed E-state index contributed by atoms with van der Waals surface area (Å²) < 4.78 is 0. The van der Waals surface area contributed by atoms with Crippen LogP contribution in [0.4, 0.5) is 0 Å². The molecule has 5 nitrogen and oxygen atoms in total. The fraction of sp³-hybridized carbons (Fsp3) is 0. The van der Waals surface area contributed by atoms with E-state index < -0.39 is 0 Å². The summed E-state index contributed by atoms with van der Waals surface area (Å²) in [6, 6.07) is 0. The summed E-state index contributed by atoms with van der Waals surface area (Å²) in [5, 5.41) is 6.06. The van der Waals surface area contributed by atoms with Gasteiger partial charge in [-0.25, -0.2) is 0 Å². The molecule has 0 amide bonds. The van der Waals surface area contributed by atoms with Crippen molar-refractivity contribution in [1.29, 1.82) is 5.41 Å². The van der Waals surface area contributed by atoms with Crippen LogP contribution in [0.25, 0.3) is 0 Å². The van der Waals surface area contributed by atoms with Gasteiger partial charge in [-0.05, 0) is 0 Å². The summed E-state index contributed by atoms with van der Waals surface area (Å²) >= 11 is 0. The fourth-order valence-corrected chi connectivity index (χ4v) is 0. The molecule has 0 spiro atoms. The minimum atomic E-state index is -0.333. The molecule has 9 N–H and O–H groups in total. The Morgan fingerprint density at radius 3 is 1.14 bits per heavy atom. The zero-order valence-electron chi connectivity index (χ0n) is 3.15. The Bertz CT molecular complexity index is 35.9. The van der Waals surface area contributed by atoms with E-state index >= 15 is 0 Å². The van der Waals surface area contributed by atoms with E-state index in [1.807, 2.05) is 0 Å². The van der Waals surface area contributed by atoms with Crippen molar-refractivity contribution in [3.05, 3.63) is 0 Å². The average molecular weight is 137 g/mol. The summed E-state index contributed by atoms with van der Waals surface area (Å²) in [6.45, 7) is 0. The van der Waals surface area contributed by atoms with Gasteiger partial charge < -0.3 is 22.4 Å². The molecule has 0 aromatic rings. The summed E-state index contributed by atoms with van der Waals surface area (Å²) in [7, 11) is 0. The zero-order valence-corrected chi connectivity index (χ0v) is 3.15. The van der Waals surface area contributed by atoms with Gasteiger partial charge in [-0.1, -0.05) is 0 Å². The summed E-state index contributed by atoms with van der Waals surface area (Å²) in [4.78, 5) is 0. The SMILES string of the molecule is N=C(N)N.O.O.[CaH2]. The number of nitrogens with one attached hydrogen (secondary N) is 1. The Balaban J connectivity index is -0.0000000150. The van der Waals surface area contributed by atoms with Gasteiger partial charge in [0.05, 0.1) is 0 Å². The minimum absolute atomic E-state index is 0. The Morgan fingerprint density at radius 2 is 1.14 bits per heavy atom. The van der Waals surface area contributed by atoms with Crippen molar-refractivity contribution in [1.82, 2.24) is 0 Å². The molecule has 0 aliphatic heterocycles. The van der Waals surface area contributed by atoms with Crippen molar-refractivity contribution in [2.45, 2.75) is 0 Å². The first-order chi connectivity index (χ1) is 1.73. The third-order valence-corrected chi connectivity index (χ3v) is 0. The van der Waals surface area contributed by atoms with E-state index in [0.717, 1.165) is 0 Å². The van der Waals surface area contributed by atoms with Gasteiger partial charge in [0.15, 0.2) is 5.96 Å². The van der Waals surface area contributed by atoms with E-state index in [1.54, 1.807) is 0 Å². The molecule has 0 bridgehead atoms. The number of nitrogens with two attached hydrogens (primary N) is 2. The molecule has 0 heterocycles. The first-order valence-corrected chi connectivity index (χ1v) is 0.827. The second-order valence-electron chi connectivity index (χ2n) is 0.455. The van der Waals surface area contributed by atoms with Crippen LogP contribution in [0, 0.1) is 5.41 Å². The first kappa shape index (κ1) is 26.0. The van der Waals surface area contributed by atoms with Crippen LogP contribution in [0.5, 0.6) is 0 Å². The summed E-state index contributed by atoms with van der Waals surface area (Å²) in [5.74, 6) is -0.333. The third-order valence-electron chi connectivity index (χ3n) is 0. The Labute approximate surface area is 71.2 Å². The molecular formula is CH11CaN3O2.